The van der Waals surface area contributed by atoms with Gasteiger partial charge in [0.2, 0.25) is 0 Å². The summed E-state index contributed by atoms with van der Waals surface area (Å²) in [6.45, 7) is 5.35. The molecule has 2 heterocycles. The minimum absolute atomic E-state index is 0.372. The zero-order valence-electron chi connectivity index (χ0n) is 12.3. The quantitative estimate of drug-likeness (QED) is 0.772. The van der Waals surface area contributed by atoms with Gasteiger partial charge in [0, 0.05) is 42.2 Å². The van der Waals surface area contributed by atoms with Crippen LogP contribution < -0.4 is 4.90 Å². The van der Waals surface area contributed by atoms with Gasteiger partial charge in [-0.25, -0.2) is 0 Å². The molecule has 0 spiro atoms. The van der Waals surface area contributed by atoms with Gasteiger partial charge in [0.25, 0.3) is 0 Å². The van der Waals surface area contributed by atoms with E-state index in [0.717, 1.165) is 25.1 Å². The molecule has 2 nitrogen and oxygen atoms in total. The Labute approximate surface area is 130 Å². The normalized spacial score (nSPS) is 25.3. The minimum Gasteiger partial charge on any atom is -0.381 e. The minimum atomic E-state index is 0.372. The lowest BCUT2D eigenvalue weighted by Gasteiger charge is -2.45. The highest BCUT2D eigenvalue weighted by molar-refractivity contribution is 9.09. The smallest absolute Gasteiger partial charge is 0.0472 e. The Morgan fingerprint density at radius 2 is 2.05 bits per heavy atom. The lowest BCUT2D eigenvalue weighted by molar-refractivity contribution is 0.0291. The topological polar surface area (TPSA) is 12.5 Å². The number of nitrogens with zero attached hydrogens (tertiary/aromatic N) is 1. The van der Waals surface area contributed by atoms with Crippen molar-refractivity contribution in [1.29, 1.82) is 0 Å². The van der Waals surface area contributed by atoms with Crippen molar-refractivity contribution in [1.82, 2.24) is 0 Å². The van der Waals surface area contributed by atoms with Crippen LogP contribution in [0.4, 0.5) is 5.69 Å². The number of fused-ring (bicyclic) bond motifs is 1. The lowest BCUT2D eigenvalue weighted by atomic mass is 9.80. The highest BCUT2D eigenvalue weighted by Crippen LogP contribution is 2.38. The fourth-order valence-electron chi connectivity index (χ4n) is 3.50. The van der Waals surface area contributed by atoms with Crippen LogP contribution in [0.3, 0.4) is 0 Å². The molecule has 0 radical (unpaired) electrons. The summed E-state index contributed by atoms with van der Waals surface area (Å²) >= 11 is 3.77. The van der Waals surface area contributed by atoms with Crippen molar-refractivity contribution >= 4 is 21.6 Å². The third-order valence-electron chi connectivity index (χ3n) is 5.01. The van der Waals surface area contributed by atoms with Crippen molar-refractivity contribution in [2.75, 3.05) is 30.0 Å². The van der Waals surface area contributed by atoms with Crippen molar-refractivity contribution in [3.8, 4) is 0 Å². The number of rotatable bonds is 3. The molecule has 0 N–H and O–H groups in total. The van der Waals surface area contributed by atoms with E-state index in [1.165, 1.54) is 36.9 Å². The van der Waals surface area contributed by atoms with Gasteiger partial charge in [-0.15, -0.1) is 0 Å². The van der Waals surface area contributed by atoms with Crippen LogP contribution in [0, 0.1) is 5.41 Å². The zero-order chi connectivity index (χ0) is 14.0. The fraction of sp³-hybridized carbons (Fsp3) is 0.647. The monoisotopic (exact) mass is 337 g/mol. The molecular weight excluding hydrogens is 314 g/mol. The highest BCUT2D eigenvalue weighted by Gasteiger charge is 2.36. The summed E-state index contributed by atoms with van der Waals surface area (Å²) in [5.74, 6) is 0. The lowest BCUT2D eigenvalue weighted by Crippen LogP contribution is -2.48. The Hall–Kier alpha value is -0.540. The Kier molecular flexibility index (Phi) is 4.37. The molecule has 2 aliphatic heterocycles. The predicted octanol–water partition coefficient (Wildman–Crippen LogP) is 4.02. The summed E-state index contributed by atoms with van der Waals surface area (Å²) in [5, 5.41) is 1.08. The maximum Gasteiger partial charge on any atom is 0.0472 e. The molecule has 1 aromatic carbocycles. The number of halogens is 1. The third-order valence-corrected chi connectivity index (χ3v) is 6.20. The molecule has 110 valence electrons. The van der Waals surface area contributed by atoms with E-state index in [9.17, 15) is 0 Å². The van der Waals surface area contributed by atoms with Crippen molar-refractivity contribution in [2.45, 2.75) is 38.6 Å². The Bertz CT molecular complexity index is 456. The molecule has 2 aliphatic rings. The van der Waals surface area contributed by atoms with Crippen molar-refractivity contribution in [2.24, 2.45) is 5.41 Å². The second kappa shape index (κ2) is 6.07. The summed E-state index contributed by atoms with van der Waals surface area (Å²) in [7, 11) is 0. The van der Waals surface area contributed by atoms with Gasteiger partial charge in [0.05, 0.1) is 0 Å². The molecule has 1 unspecified atom stereocenters. The fourth-order valence-corrected chi connectivity index (χ4v) is 4.24. The van der Waals surface area contributed by atoms with E-state index in [4.69, 9.17) is 4.74 Å². The highest BCUT2D eigenvalue weighted by atomic mass is 79.9. The van der Waals surface area contributed by atoms with Crippen LogP contribution in [0.5, 0.6) is 0 Å². The summed E-state index contributed by atoms with van der Waals surface area (Å²) in [4.78, 5) is 2.64. The van der Waals surface area contributed by atoms with Crippen LogP contribution >= 0.6 is 15.9 Å². The number of alkyl halides is 1. The summed E-state index contributed by atoms with van der Waals surface area (Å²) in [6, 6.07) is 9.57. The van der Waals surface area contributed by atoms with E-state index < -0.39 is 0 Å². The molecule has 0 amide bonds. The number of anilines is 1. The molecule has 0 saturated carbocycles. The van der Waals surface area contributed by atoms with Gasteiger partial charge in [-0.2, -0.15) is 0 Å². The third kappa shape index (κ3) is 2.75. The number of hydrogen-bond acceptors (Lipinski definition) is 2. The van der Waals surface area contributed by atoms with Crippen LogP contribution in [0.2, 0.25) is 0 Å². The van der Waals surface area contributed by atoms with Crippen LogP contribution in [-0.4, -0.2) is 31.1 Å². The molecule has 3 heteroatoms. The summed E-state index contributed by atoms with van der Waals surface area (Å²) < 4.78 is 5.57. The molecule has 20 heavy (non-hydrogen) atoms. The zero-order valence-corrected chi connectivity index (χ0v) is 13.9. The van der Waals surface area contributed by atoms with E-state index in [2.05, 4.69) is 52.0 Å². The molecule has 0 bridgehead atoms. The molecular formula is C17H24BrNO. The van der Waals surface area contributed by atoms with Gasteiger partial charge < -0.3 is 9.64 Å². The number of para-hydroxylation sites is 1. The van der Waals surface area contributed by atoms with Crippen molar-refractivity contribution < 1.29 is 4.74 Å². The van der Waals surface area contributed by atoms with Gasteiger partial charge in [-0.3, -0.25) is 0 Å². The molecule has 1 fully saturated rings. The Morgan fingerprint density at radius 1 is 1.30 bits per heavy atom. The number of aryl methyl sites for hydroxylation is 1. The summed E-state index contributed by atoms with van der Waals surface area (Å²) in [6.07, 6.45) is 4.83. The molecule has 0 aromatic heterocycles. The number of benzene rings is 1. The molecule has 0 aliphatic carbocycles. The van der Waals surface area contributed by atoms with Crippen molar-refractivity contribution in [3.63, 3.8) is 0 Å². The van der Waals surface area contributed by atoms with E-state index in [-0.39, 0.29) is 0 Å². The second-order valence-corrected chi connectivity index (χ2v) is 6.95. The first-order valence-corrected chi connectivity index (χ1v) is 8.84. The molecule has 3 rings (SSSR count). The first-order chi connectivity index (χ1) is 9.74. The maximum absolute atomic E-state index is 5.57. The van der Waals surface area contributed by atoms with Gasteiger partial charge in [0.15, 0.2) is 0 Å². The molecule has 1 saturated heterocycles. The van der Waals surface area contributed by atoms with Crippen LogP contribution in [0.25, 0.3) is 0 Å². The number of hydrogen-bond donors (Lipinski definition) is 0. The Morgan fingerprint density at radius 3 is 2.80 bits per heavy atom. The van der Waals surface area contributed by atoms with Gasteiger partial charge in [-0.05, 0) is 44.2 Å². The van der Waals surface area contributed by atoms with Crippen LogP contribution in [0.15, 0.2) is 24.3 Å². The average Bonchev–Trinajstić information content (AvgIpc) is 2.51. The second-order valence-electron chi connectivity index (χ2n) is 6.39. The Balaban J connectivity index is 1.85. The maximum atomic E-state index is 5.57. The van der Waals surface area contributed by atoms with Gasteiger partial charge >= 0.3 is 0 Å². The number of ether oxygens (including phenoxy) is 1. The van der Waals surface area contributed by atoms with E-state index in [1.54, 1.807) is 0 Å². The molecule has 1 atom stereocenters. The van der Waals surface area contributed by atoms with Crippen molar-refractivity contribution in [3.05, 3.63) is 29.8 Å². The van der Waals surface area contributed by atoms with Crippen LogP contribution in [0.1, 0.15) is 31.7 Å². The van der Waals surface area contributed by atoms with Gasteiger partial charge in [0.1, 0.15) is 0 Å². The first kappa shape index (κ1) is 14.4. The van der Waals surface area contributed by atoms with Gasteiger partial charge in [-0.1, -0.05) is 34.1 Å². The largest absolute Gasteiger partial charge is 0.381 e. The molecule has 1 aromatic rings. The van der Waals surface area contributed by atoms with Crippen LogP contribution in [-0.2, 0) is 11.2 Å². The predicted molar refractivity (Wildman–Crippen MR) is 87.9 cm³/mol. The SMILES string of the molecule is CC1CCc2ccccc2N1CC1(CBr)CCOCC1. The van der Waals surface area contributed by atoms with E-state index in [0.29, 0.717) is 11.5 Å². The summed E-state index contributed by atoms with van der Waals surface area (Å²) in [5.41, 5.74) is 3.34. The standard InChI is InChI=1S/C17H24BrNO/c1-14-6-7-15-4-2-3-5-16(15)19(14)13-17(12-18)8-10-20-11-9-17/h2-5,14H,6-13H2,1H3. The van der Waals surface area contributed by atoms with E-state index in [1.807, 2.05) is 0 Å². The van der Waals surface area contributed by atoms with E-state index >= 15 is 0 Å². The first-order valence-electron chi connectivity index (χ1n) is 7.72. The average molecular weight is 338 g/mol.